The Hall–Kier alpha value is -2.43. The summed E-state index contributed by atoms with van der Waals surface area (Å²) in [6.45, 7) is 1.73. The molecule has 98 valence electrons. The number of hydrogen-bond acceptors (Lipinski definition) is 2. The lowest BCUT2D eigenvalue weighted by atomic mass is 10.1. The fraction of sp³-hybridized carbons (Fsp3) is 0.0714. The number of carbonyl (C=O) groups excluding carboxylic acids is 1. The average Bonchev–Trinajstić information content (AvgIpc) is 2.32. The molecule has 0 radical (unpaired) electrons. The number of halogens is 2. The standard InChI is InChI=1S/C14H12F2N2O/c1-8-2-3-10(15)7-13(8)18-14(19)9-4-11(16)6-12(17)5-9/h2-7H,17H2,1H3,(H,18,19). The highest BCUT2D eigenvalue weighted by atomic mass is 19.1. The quantitative estimate of drug-likeness (QED) is 0.817. The van der Waals surface area contributed by atoms with Gasteiger partial charge in [0.05, 0.1) is 0 Å². The summed E-state index contributed by atoms with van der Waals surface area (Å²) in [6.07, 6.45) is 0. The van der Waals surface area contributed by atoms with E-state index in [9.17, 15) is 13.6 Å². The fourth-order valence-electron chi connectivity index (χ4n) is 1.67. The van der Waals surface area contributed by atoms with Gasteiger partial charge in [-0.05, 0) is 42.8 Å². The van der Waals surface area contributed by atoms with Crippen molar-refractivity contribution >= 4 is 17.3 Å². The first kappa shape index (κ1) is 13.0. The Morgan fingerprint density at radius 2 is 1.84 bits per heavy atom. The fourth-order valence-corrected chi connectivity index (χ4v) is 1.67. The highest BCUT2D eigenvalue weighted by Gasteiger charge is 2.10. The first-order valence-corrected chi connectivity index (χ1v) is 5.59. The van der Waals surface area contributed by atoms with Crippen molar-refractivity contribution in [3.8, 4) is 0 Å². The Morgan fingerprint density at radius 1 is 1.11 bits per heavy atom. The summed E-state index contributed by atoms with van der Waals surface area (Å²) in [5.41, 5.74) is 6.75. The van der Waals surface area contributed by atoms with Gasteiger partial charge in [-0.1, -0.05) is 6.07 Å². The van der Waals surface area contributed by atoms with Gasteiger partial charge in [-0.25, -0.2) is 8.78 Å². The minimum Gasteiger partial charge on any atom is -0.399 e. The van der Waals surface area contributed by atoms with E-state index in [1.54, 1.807) is 13.0 Å². The lowest BCUT2D eigenvalue weighted by Crippen LogP contribution is -2.13. The molecule has 0 atom stereocenters. The van der Waals surface area contributed by atoms with Crippen molar-refractivity contribution in [2.24, 2.45) is 0 Å². The molecule has 0 aliphatic rings. The SMILES string of the molecule is Cc1ccc(F)cc1NC(=O)c1cc(N)cc(F)c1. The van der Waals surface area contributed by atoms with Crippen LogP contribution in [-0.4, -0.2) is 5.91 Å². The Morgan fingerprint density at radius 3 is 2.53 bits per heavy atom. The topological polar surface area (TPSA) is 55.1 Å². The second kappa shape index (κ2) is 5.06. The highest BCUT2D eigenvalue weighted by Crippen LogP contribution is 2.18. The number of amides is 1. The smallest absolute Gasteiger partial charge is 0.255 e. The monoisotopic (exact) mass is 262 g/mol. The van der Waals surface area contributed by atoms with Gasteiger partial charge >= 0.3 is 0 Å². The summed E-state index contributed by atoms with van der Waals surface area (Å²) < 4.78 is 26.2. The van der Waals surface area contributed by atoms with Crippen LogP contribution < -0.4 is 11.1 Å². The lowest BCUT2D eigenvalue weighted by Gasteiger charge is -2.09. The Bertz CT molecular complexity index is 621. The highest BCUT2D eigenvalue weighted by molar-refractivity contribution is 6.05. The minimum atomic E-state index is -0.596. The van der Waals surface area contributed by atoms with E-state index >= 15 is 0 Å². The zero-order valence-corrected chi connectivity index (χ0v) is 10.2. The molecule has 0 aromatic heterocycles. The Balaban J connectivity index is 2.28. The van der Waals surface area contributed by atoms with Crippen LogP contribution in [0.15, 0.2) is 36.4 Å². The normalized spacial score (nSPS) is 10.3. The van der Waals surface area contributed by atoms with Gasteiger partial charge < -0.3 is 11.1 Å². The second-order valence-corrected chi connectivity index (χ2v) is 4.19. The molecule has 0 bridgehead atoms. The van der Waals surface area contributed by atoms with E-state index in [0.29, 0.717) is 11.3 Å². The molecule has 0 fully saturated rings. The number of hydrogen-bond donors (Lipinski definition) is 2. The third kappa shape index (κ3) is 3.07. The Labute approximate surface area is 109 Å². The third-order valence-corrected chi connectivity index (χ3v) is 2.63. The van der Waals surface area contributed by atoms with Crippen LogP contribution in [-0.2, 0) is 0 Å². The number of carbonyl (C=O) groups is 1. The molecular weight excluding hydrogens is 250 g/mol. The molecule has 0 spiro atoms. The van der Waals surface area contributed by atoms with E-state index < -0.39 is 17.5 Å². The molecule has 2 aromatic rings. The van der Waals surface area contributed by atoms with Crippen molar-refractivity contribution in [2.75, 3.05) is 11.1 Å². The van der Waals surface area contributed by atoms with E-state index in [4.69, 9.17) is 5.73 Å². The van der Waals surface area contributed by atoms with Crippen LogP contribution in [0.5, 0.6) is 0 Å². The Kier molecular flexibility index (Phi) is 3.46. The molecule has 3 nitrogen and oxygen atoms in total. The molecule has 0 saturated heterocycles. The van der Waals surface area contributed by atoms with Crippen LogP contribution in [0, 0.1) is 18.6 Å². The maximum atomic E-state index is 13.2. The van der Waals surface area contributed by atoms with E-state index in [1.165, 1.54) is 18.2 Å². The van der Waals surface area contributed by atoms with Gasteiger partial charge in [-0.3, -0.25) is 4.79 Å². The number of nitrogens with one attached hydrogen (secondary N) is 1. The zero-order valence-electron chi connectivity index (χ0n) is 10.2. The molecule has 3 N–H and O–H groups in total. The van der Waals surface area contributed by atoms with E-state index in [2.05, 4.69) is 5.32 Å². The van der Waals surface area contributed by atoms with Crippen molar-refractivity contribution < 1.29 is 13.6 Å². The van der Waals surface area contributed by atoms with E-state index in [0.717, 1.165) is 12.1 Å². The molecule has 19 heavy (non-hydrogen) atoms. The first-order valence-electron chi connectivity index (χ1n) is 5.59. The van der Waals surface area contributed by atoms with E-state index in [1.807, 2.05) is 0 Å². The van der Waals surface area contributed by atoms with Gasteiger partial charge in [0.1, 0.15) is 11.6 Å². The van der Waals surface area contributed by atoms with E-state index in [-0.39, 0.29) is 11.3 Å². The predicted octanol–water partition coefficient (Wildman–Crippen LogP) is 3.11. The van der Waals surface area contributed by atoms with Crippen molar-refractivity contribution in [3.05, 3.63) is 59.2 Å². The maximum Gasteiger partial charge on any atom is 0.255 e. The molecule has 5 heteroatoms. The predicted molar refractivity (Wildman–Crippen MR) is 69.9 cm³/mol. The van der Waals surface area contributed by atoms with Crippen LogP contribution in [0.3, 0.4) is 0 Å². The first-order chi connectivity index (χ1) is 8.95. The molecule has 0 aliphatic carbocycles. The van der Waals surface area contributed by atoms with Crippen molar-refractivity contribution in [1.82, 2.24) is 0 Å². The van der Waals surface area contributed by atoms with Crippen molar-refractivity contribution in [2.45, 2.75) is 6.92 Å². The zero-order chi connectivity index (χ0) is 14.0. The van der Waals surface area contributed by atoms with Gasteiger partial charge in [-0.15, -0.1) is 0 Å². The van der Waals surface area contributed by atoms with Crippen LogP contribution in [0.25, 0.3) is 0 Å². The van der Waals surface area contributed by atoms with Gasteiger partial charge in [-0.2, -0.15) is 0 Å². The molecule has 2 rings (SSSR count). The summed E-state index contributed by atoms with van der Waals surface area (Å²) in [5.74, 6) is -1.60. The third-order valence-electron chi connectivity index (χ3n) is 2.63. The molecule has 0 heterocycles. The summed E-state index contributed by atoms with van der Waals surface area (Å²) in [4.78, 5) is 11.9. The summed E-state index contributed by atoms with van der Waals surface area (Å²) in [6, 6.07) is 7.59. The molecule has 0 unspecified atom stereocenters. The van der Waals surface area contributed by atoms with Crippen LogP contribution in [0.2, 0.25) is 0 Å². The summed E-state index contributed by atoms with van der Waals surface area (Å²) >= 11 is 0. The number of rotatable bonds is 2. The molecular formula is C14H12F2N2O. The van der Waals surface area contributed by atoms with Gasteiger partial charge in [0.25, 0.3) is 5.91 Å². The van der Waals surface area contributed by atoms with Gasteiger partial charge in [0, 0.05) is 16.9 Å². The number of benzene rings is 2. The van der Waals surface area contributed by atoms with Gasteiger partial charge in [0.2, 0.25) is 0 Å². The second-order valence-electron chi connectivity index (χ2n) is 4.19. The summed E-state index contributed by atoms with van der Waals surface area (Å²) in [7, 11) is 0. The number of nitrogens with two attached hydrogens (primary N) is 1. The lowest BCUT2D eigenvalue weighted by molar-refractivity contribution is 0.102. The van der Waals surface area contributed by atoms with Crippen LogP contribution in [0.4, 0.5) is 20.2 Å². The largest absolute Gasteiger partial charge is 0.399 e. The van der Waals surface area contributed by atoms with Crippen molar-refractivity contribution in [1.29, 1.82) is 0 Å². The number of aryl methyl sites for hydroxylation is 1. The number of anilines is 2. The van der Waals surface area contributed by atoms with Crippen LogP contribution >= 0.6 is 0 Å². The minimum absolute atomic E-state index is 0.0844. The molecule has 0 aliphatic heterocycles. The average molecular weight is 262 g/mol. The summed E-state index contributed by atoms with van der Waals surface area (Å²) in [5, 5.41) is 2.52. The molecule has 2 aromatic carbocycles. The maximum absolute atomic E-state index is 13.2. The number of nitrogen functional groups attached to an aromatic ring is 1. The molecule has 0 saturated carbocycles. The van der Waals surface area contributed by atoms with Crippen molar-refractivity contribution in [3.63, 3.8) is 0 Å². The van der Waals surface area contributed by atoms with Gasteiger partial charge in [0.15, 0.2) is 0 Å². The van der Waals surface area contributed by atoms with Crippen LogP contribution in [0.1, 0.15) is 15.9 Å². The molecule has 1 amide bonds.